The zero-order valence-electron chi connectivity index (χ0n) is 15.8. The number of nitrogens with zero attached hydrogens (tertiary/aromatic N) is 3. The van der Waals surface area contributed by atoms with Crippen LogP contribution in [-0.2, 0) is 10.0 Å². The number of rotatable bonds is 7. The average Bonchev–Trinajstić information content (AvgIpc) is 3.14. The van der Waals surface area contributed by atoms with Crippen molar-refractivity contribution >= 4 is 16.0 Å². The quantitative estimate of drug-likeness (QED) is 0.373. The SMILES string of the molecule is CN=C(NCCCN1CCCC1)NCC1CCN(S(=O)(=O)C(F)(F)F)CC1. The lowest BCUT2D eigenvalue weighted by Crippen LogP contribution is -2.47. The third kappa shape index (κ3) is 6.49. The van der Waals surface area contributed by atoms with Gasteiger partial charge >= 0.3 is 15.5 Å². The summed E-state index contributed by atoms with van der Waals surface area (Å²) >= 11 is 0. The van der Waals surface area contributed by atoms with E-state index in [2.05, 4.69) is 20.5 Å². The Morgan fingerprint density at radius 3 is 2.30 bits per heavy atom. The maximum Gasteiger partial charge on any atom is 0.511 e. The number of nitrogens with one attached hydrogen (secondary N) is 2. The topological polar surface area (TPSA) is 77.0 Å². The number of halogens is 3. The molecular weight excluding hydrogens is 383 g/mol. The van der Waals surface area contributed by atoms with Crippen molar-refractivity contribution in [3.8, 4) is 0 Å². The monoisotopic (exact) mass is 413 g/mol. The van der Waals surface area contributed by atoms with Crippen LogP contribution in [-0.4, -0.2) is 82.0 Å². The molecule has 0 unspecified atom stereocenters. The lowest BCUT2D eigenvalue weighted by molar-refractivity contribution is -0.0496. The highest BCUT2D eigenvalue weighted by Crippen LogP contribution is 2.30. The van der Waals surface area contributed by atoms with E-state index < -0.39 is 15.5 Å². The highest BCUT2D eigenvalue weighted by atomic mass is 32.2. The van der Waals surface area contributed by atoms with Crippen LogP contribution in [0, 0.1) is 5.92 Å². The number of hydrogen-bond donors (Lipinski definition) is 2. The highest BCUT2D eigenvalue weighted by molar-refractivity contribution is 7.90. The molecule has 2 saturated heterocycles. The number of guanidine groups is 1. The Balaban J connectivity index is 1.64. The van der Waals surface area contributed by atoms with Crippen LogP contribution in [0.3, 0.4) is 0 Å². The molecule has 0 saturated carbocycles. The summed E-state index contributed by atoms with van der Waals surface area (Å²) < 4.78 is 61.2. The molecule has 2 N–H and O–H groups in total. The van der Waals surface area contributed by atoms with Crippen LogP contribution in [0.2, 0.25) is 0 Å². The van der Waals surface area contributed by atoms with Gasteiger partial charge in [-0.2, -0.15) is 17.5 Å². The molecule has 2 rings (SSSR count). The first kappa shape index (κ1) is 22.2. The first-order chi connectivity index (χ1) is 12.7. The Morgan fingerprint density at radius 1 is 1.11 bits per heavy atom. The normalized spacial score (nSPS) is 21.6. The molecule has 0 radical (unpaired) electrons. The van der Waals surface area contributed by atoms with Gasteiger partial charge in [0.2, 0.25) is 0 Å². The lowest BCUT2D eigenvalue weighted by atomic mass is 9.98. The minimum atomic E-state index is -5.22. The van der Waals surface area contributed by atoms with Gasteiger partial charge in [0.25, 0.3) is 0 Å². The largest absolute Gasteiger partial charge is 0.511 e. The van der Waals surface area contributed by atoms with E-state index in [-0.39, 0.29) is 19.0 Å². The Hall–Kier alpha value is -1.07. The van der Waals surface area contributed by atoms with E-state index in [1.54, 1.807) is 7.05 Å². The summed E-state index contributed by atoms with van der Waals surface area (Å²) in [6.45, 7) is 4.58. The number of sulfonamides is 1. The fourth-order valence-electron chi connectivity index (χ4n) is 3.48. The van der Waals surface area contributed by atoms with Gasteiger partial charge in [0.1, 0.15) is 0 Å². The van der Waals surface area contributed by atoms with Crippen molar-refractivity contribution in [3.05, 3.63) is 0 Å². The molecule has 2 aliphatic rings. The first-order valence-electron chi connectivity index (χ1n) is 9.47. The van der Waals surface area contributed by atoms with Crippen molar-refractivity contribution in [2.45, 2.75) is 37.6 Å². The smallest absolute Gasteiger partial charge is 0.356 e. The molecule has 0 aromatic heterocycles. The van der Waals surface area contributed by atoms with Crippen LogP contribution in [0.4, 0.5) is 13.2 Å². The van der Waals surface area contributed by atoms with E-state index in [0.29, 0.717) is 29.7 Å². The first-order valence-corrected chi connectivity index (χ1v) is 10.9. The summed E-state index contributed by atoms with van der Waals surface area (Å²) in [4.78, 5) is 6.60. The second kappa shape index (κ2) is 9.92. The molecule has 0 spiro atoms. The zero-order chi connectivity index (χ0) is 19.9. The molecule has 0 amide bonds. The van der Waals surface area contributed by atoms with Gasteiger partial charge in [-0.1, -0.05) is 0 Å². The van der Waals surface area contributed by atoms with Gasteiger partial charge in [-0.3, -0.25) is 4.99 Å². The van der Waals surface area contributed by atoms with Crippen LogP contribution in [0.5, 0.6) is 0 Å². The van der Waals surface area contributed by atoms with Gasteiger partial charge in [0.05, 0.1) is 0 Å². The summed E-state index contributed by atoms with van der Waals surface area (Å²) in [6.07, 6.45) is 4.37. The minimum Gasteiger partial charge on any atom is -0.356 e. The number of alkyl halides is 3. The fourth-order valence-corrected chi connectivity index (χ4v) is 4.46. The van der Waals surface area contributed by atoms with Crippen molar-refractivity contribution in [3.63, 3.8) is 0 Å². The van der Waals surface area contributed by atoms with Gasteiger partial charge in [-0.05, 0) is 57.7 Å². The van der Waals surface area contributed by atoms with Crippen LogP contribution in [0.15, 0.2) is 4.99 Å². The zero-order valence-corrected chi connectivity index (χ0v) is 16.6. The van der Waals surface area contributed by atoms with Crippen LogP contribution < -0.4 is 10.6 Å². The molecule has 2 fully saturated rings. The Bertz CT molecular complexity index is 583. The van der Waals surface area contributed by atoms with Crippen LogP contribution >= 0.6 is 0 Å². The molecule has 7 nitrogen and oxygen atoms in total. The van der Waals surface area contributed by atoms with E-state index in [1.165, 1.54) is 25.9 Å². The third-order valence-corrected chi connectivity index (χ3v) is 6.76. The molecule has 0 bridgehead atoms. The summed E-state index contributed by atoms with van der Waals surface area (Å²) in [6, 6.07) is 0. The number of aliphatic imine (C=N–C) groups is 1. The Kier molecular flexibility index (Phi) is 8.17. The predicted molar refractivity (Wildman–Crippen MR) is 98.9 cm³/mol. The van der Waals surface area contributed by atoms with Crippen LogP contribution in [0.1, 0.15) is 32.1 Å². The van der Waals surface area contributed by atoms with Crippen molar-refractivity contribution in [2.75, 3.05) is 52.9 Å². The van der Waals surface area contributed by atoms with Crippen LogP contribution in [0.25, 0.3) is 0 Å². The lowest BCUT2D eigenvalue weighted by Gasteiger charge is -2.31. The van der Waals surface area contributed by atoms with Crippen molar-refractivity contribution in [1.82, 2.24) is 19.8 Å². The molecule has 0 aromatic carbocycles. The van der Waals surface area contributed by atoms with E-state index >= 15 is 0 Å². The van der Waals surface area contributed by atoms with Gasteiger partial charge in [-0.15, -0.1) is 0 Å². The summed E-state index contributed by atoms with van der Waals surface area (Å²) in [5, 5.41) is 6.43. The number of likely N-dealkylation sites (tertiary alicyclic amines) is 1. The molecule has 27 heavy (non-hydrogen) atoms. The summed E-state index contributed by atoms with van der Waals surface area (Å²) in [5.41, 5.74) is -5.22. The maximum absolute atomic E-state index is 12.6. The van der Waals surface area contributed by atoms with Gasteiger partial charge in [-0.25, -0.2) is 8.42 Å². The van der Waals surface area contributed by atoms with Gasteiger partial charge in [0.15, 0.2) is 5.96 Å². The molecule has 158 valence electrons. The summed E-state index contributed by atoms with van der Waals surface area (Å²) in [7, 11) is -3.53. The number of hydrogen-bond acceptors (Lipinski definition) is 4. The molecule has 0 aliphatic carbocycles. The Labute approximate surface area is 159 Å². The molecule has 2 aliphatic heterocycles. The van der Waals surface area contributed by atoms with Gasteiger partial charge < -0.3 is 15.5 Å². The maximum atomic E-state index is 12.6. The van der Waals surface area contributed by atoms with E-state index in [1.807, 2.05) is 0 Å². The minimum absolute atomic E-state index is 0.101. The molecule has 11 heteroatoms. The molecule has 0 aromatic rings. The highest BCUT2D eigenvalue weighted by Gasteiger charge is 2.50. The van der Waals surface area contributed by atoms with Gasteiger partial charge in [0, 0.05) is 33.2 Å². The van der Waals surface area contributed by atoms with E-state index in [0.717, 1.165) is 19.5 Å². The van der Waals surface area contributed by atoms with Crippen molar-refractivity contribution in [1.29, 1.82) is 0 Å². The summed E-state index contributed by atoms with van der Waals surface area (Å²) in [5.74, 6) is 0.787. The van der Waals surface area contributed by atoms with E-state index in [4.69, 9.17) is 0 Å². The van der Waals surface area contributed by atoms with Crippen molar-refractivity contribution in [2.24, 2.45) is 10.9 Å². The molecular formula is C16H30F3N5O2S. The van der Waals surface area contributed by atoms with Crippen molar-refractivity contribution < 1.29 is 21.6 Å². The second-order valence-electron chi connectivity index (χ2n) is 7.08. The van der Waals surface area contributed by atoms with E-state index in [9.17, 15) is 21.6 Å². The number of piperidine rings is 1. The standard InChI is InChI=1S/C16H30F3N5O2S/c1-20-15(21-7-4-10-23-8-2-3-9-23)22-13-14-5-11-24(12-6-14)27(25,26)16(17,18)19/h14H,2-13H2,1H3,(H2,20,21,22). The fraction of sp³-hybridized carbons (Fsp3) is 0.938. The average molecular weight is 414 g/mol. The second-order valence-corrected chi connectivity index (χ2v) is 9.00. The molecule has 2 heterocycles. The third-order valence-electron chi connectivity index (χ3n) is 5.13. The predicted octanol–water partition coefficient (Wildman–Crippen LogP) is 1.20. The molecule has 0 atom stereocenters. The Morgan fingerprint density at radius 2 is 1.74 bits per heavy atom.